The molecule has 20 heavy (non-hydrogen) atoms. The van der Waals surface area contributed by atoms with Crippen molar-refractivity contribution in [2.24, 2.45) is 5.92 Å². The fourth-order valence-electron chi connectivity index (χ4n) is 1.75. The number of nitrogens with one attached hydrogen (secondary N) is 2. The van der Waals surface area contributed by atoms with Crippen molar-refractivity contribution in [1.82, 2.24) is 10.6 Å². The van der Waals surface area contributed by atoms with Crippen molar-refractivity contribution >= 4 is 6.03 Å². The van der Waals surface area contributed by atoms with Gasteiger partial charge in [-0.1, -0.05) is 58.9 Å². The van der Waals surface area contributed by atoms with Crippen molar-refractivity contribution in [3.05, 3.63) is 35.4 Å². The largest absolute Gasteiger partial charge is 0.338 e. The topological polar surface area (TPSA) is 41.1 Å². The number of benzene rings is 1. The van der Waals surface area contributed by atoms with Crippen molar-refractivity contribution in [2.75, 3.05) is 6.54 Å². The highest BCUT2D eigenvalue weighted by Crippen LogP contribution is 2.09. The van der Waals surface area contributed by atoms with Gasteiger partial charge in [0, 0.05) is 13.1 Å². The predicted molar refractivity (Wildman–Crippen MR) is 86.9 cm³/mol. The van der Waals surface area contributed by atoms with E-state index < -0.39 is 0 Å². The Morgan fingerprint density at radius 2 is 1.60 bits per heavy atom. The second-order valence-electron chi connectivity index (χ2n) is 5.02. The first-order valence-corrected chi connectivity index (χ1v) is 7.71. The molecule has 0 aliphatic carbocycles. The van der Waals surface area contributed by atoms with Gasteiger partial charge in [0.05, 0.1) is 0 Å². The molecule has 0 aromatic heterocycles. The smallest absolute Gasteiger partial charge is 0.315 e. The van der Waals surface area contributed by atoms with E-state index in [2.05, 4.69) is 48.7 Å². The van der Waals surface area contributed by atoms with E-state index in [1.165, 1.54) is 5.56 Å². The Kier molecular flexibility index (Phi) is 10.5. The van der Waals surface area contributed by atoms with E-state index in [9.17, 15) is 4.79 Å². The summed E-state index contributed by atoms with van der Waals surface area (Å²) in [5.41, 5.74) is 2.48. The third-order valence-corrected chi connectivity index (χ3v) is 2.66. The molecule has 0 bridgehead atoms. The number of amides is 2. The van der Waals surface area contributed by atoms with Gasteiger partial charge in [-0.25, -0.2) is 4.79 Å². The summed E-state index contributed by atoms with van der Waals surface area (Å²) in [4.78, 5) is 11.4. The maximum Gasteiger partial charge on any atom is 0.315 e. The van der Waals surface area contributed by atoms with Gasteiger partial charge in [-0.2, -0.15) is 0 Å². The molecule has 2 amide bonds. The van der Waals surface area contributed by atoms with Crippen LogP contribution in [0.3, 0.4) is 0 Å². The highest BCUT2D eigenvalue weighted by molar-refractivity contribution is 5.73. The van der Waals surface area contributed by atoms with Crippen LogP contribution in [0.1, 0.15) is 52.2 Å². The number of urea groups is 1. The third-order valence-electron chi connectivity index (χ3n) is 2.66. The van der Waals surface area contributed by atoms with E-state index >= 15 is 0 Å². The normalized spacial score (nSPS) is 9.70. The zero-order valence-corrected chi connectivity index (χ0v) is 13.6. The molecule has 0 atom stereocenters. The minimum Gasteiger partial charge on any atom is -0.338 e. The first-order valence-electron chi connectivity index (χ1n) is 7.71. The van der Waals surface area contributed by atoms with E-state index in [0.29, 0.717) is 12.5 Å². The molecule has 114 valence electrons. The summed E-state index contributed by atoms with van der Waals surface area (Å²) in [5, 5.41) is 5.63. The second kappa shape index (κ2) is 11.3. The number of carbonyl (C=O) groups is 1. The summed E-state index contributed by atoms with van der Waals surface area (Å²) in [6, 6.07) is 8.35. The van der Waals surface area contributed by atoms with Crippen LogP contribution in [0.5, 0.6) is 0 Å². The Balaban J connectivity index is 0.00000172. The predicted octanol–water partition coefficient (Wildman–Crippen LogP) is 4.12. The van der Waals surface area contributed by atoms with Gasteiger partial charge < -0.3 is 10.6 Å². The van der Waals surface area contributed by atoms with Crippen molar-refractivity contribution in [2.45, 2.75) is 54.0 Å². The number of hydrogen-bond acceptors (Lipinski definition) is 1. The fourth-order valence-corrected chi connectivity index (χ4v) is 1.75. The molecule has 0 radical (unpaired) electrons. The Bertz CT molecular complexity index is 358. The standard InChI is InChI=1S/C15H24N2O.C2H6/c1-4-9-16-15(18)17-11-14-7-5-13(6-8-14)10-12(2)3;1-2/h5-8,12H,4,9-11H2,1-3H3,(H2,16,17,18);1-2H3. The van der Waals surface area contributed by atoms with Crippen LogP contribution in [-0.4, -0.2) is 12.6 Å². The van der Waals surface area contributed by atoms with Crippen LogP contribution in [0, 0.1) is 5.92 Å². The van der Waals surface area contributed by atoms with Gasteiger partial charge in [0.2, 0.25) is 0 Å². The van der Waals surface area contributed by atoms with Crippen LogP contribution in [0.25, 0.3) is 0 Å². The highest BCUT2D eigenvalue weighted by Gasteiger charge is 2.00. The van der Waals surface area contributed by atoms with Gasteiger partial charge in [0.15, 0.2) is 0 Å². The summed E-state index contributed by atoms with van der Waals surface area (Å²) in [5.74, 6) is 0.675. The molecular weight excluding hydrogens is 248 g/mol. The average Bonchev–Trinajstić information content (AvgIpc) is 2.46. The molecule has 0 aliphatic heterocycles. The summed E-state index contributed by atoms with van der Waals surface area (Å²) in [6.07, 6.45) is 2.06. The molecule has 2 N–H and O–H groups in total. The summed E-state index contributed by atoms with van der Waals surface area (Å²) in [7, 11) is 0. The zero-order chi connectivity index (χ0) is 15.4. The van der Waals surface area contributed by atoms with E-state index in [1.807, 2.05) is 20.8 Å². The summed E-state index contributed by atoms with van der Waals surface area (Å²) >= 11 is 0. The lowest BCUT2D eigenvalue weighted by Gasteiger charge is -2.08. The van der Waals surface area contributed by atoms with Gasteiger partial charge in [-0.05, 0) is 29.9 Å². The second-order valence-corrected chi connectivity index (χ2v) is 5.02. The van der Waals surface area contributed by atoms with Crippen molar-refractivity contribution in [3.8, 4) is 0 Å². The maximum atomic E-state index is 11.4. The average molecular weight is 278 g/mol. The minimum atomic E-state index is -0.0943. The zero-order valence-electron chi connectivity index (χ0n) is 13.6. The lowest BCUT2D eigenvalue weighted by Crippen LogP contribution is -2.35. The molecule has 0 spiro atoms. The van der Waals surface area contributed by atoms with Gasteiger partial charge in [0.1, 0.15) is 0 Å². The maximum absolute atomic E-state index is 11.4. The van der Waals surface area contributed by atoms with Crippen molar-refractivity contribution in [3.63, 3.8) is 0 Å². The number of hydrogen-bond donors (Lipinski definition) is 2. The number of carbonyl (C=O) groups excluding carboxylic acids is 1. The van der Waals surface area contributed by atoms with Crippen LogP contribution >= 0.6 is 0 Å². The summed E-state index contributed by atoms with van der Waals surface area (Å²) < 4.78 is 0. The lowest BCUT2D eigenvalue weighted by atomic mass is 10.0. The van der Waals surface area contributed by atoms with Crippen molar-refractivity contribution in [1.29, 1.82) is 0 Å². The summed E-state index contributed by atoms with van der Waals surface area (Å²) in [6.45, 7) is 11.8. The first kappa shape index (κ1) is 18.5. The van der Waals surface area contributed by atoms with Gasteiger partial charge in [-0.3, -0.25) is 0 Å². The minimum absolute atomic E-state index is 0.0943. The van der Waals surface area contributed by atoms with Crippen LogP contribution in [0.15, 0.2) is 24.3 Å². The highest BCUT2D eigenvalue weighted by atomic mass is 16.2. The molecule has 1 aromatic carbocycles. The molecule has 0 heterocycles. The van der Waals surface area contributed by atoms with Crippen molar-refractivity contribution < 1.29 is 4.79 Å². The molecular formula is C17H30N2O. The Hall–Kier alpha value is -1.51. The first-order chi connectivity index (χ1) is 9.61. The lowest BCUT2D eigenvalue weighted by molar-refractivity contribution is 0.240. The Labute approximate surface area is 124 Å². The van der Waals surface area contributed by atoms with Crippen LogP contribution in [0.4, 0.5) is 4.79 Å². The molecule has 1 rings (SSSR count). The van der Waals surface area contributed by atoms with Gasteiger partial charge in [0.25, 0.3) is 0 Å². The van der Waals surface area contributed by atoms with E-state index in [4.69, 9.17) is 0 Å². The van der Waals surface area contributed by atoms with Crippen LogP contribution in [0.2, 0.25) is 0 Å². The quantitative estimate of drug-likeness (QED) is 0.807. The monoisotopic (exact) mass is 278 g/mol. The molecule has 1 aromatic rings. The SMILES string of the molecule is CC.CCCNC(=O)NCc1ccc(CC(C)C)cc1. The number of rotatable bonds is 6. The molecule has 0 saturated heterocycles. The molecule has 0 unspecified atom stereocenters. The third kappa shape index (κ3) is 8.57. The van der Waals surface area contributed by atoms with E-state index in [0.717, 1.165) is 24.9 Å². The Morgan fingerprint density at radius 1 is 1.05 bits per heavy atom. The van der Waals surface area contributed by atoms with E-state index in [-0.39, 0.29) is 6.03 Å². The molecule has 0 aliphatic rings. The van der Waals surface area contributed by atoms with Crippen LogP contribution < -0.4 is 10.6 Å². The Morgan fingerprint density at radius 3 is 2.10 bits per heavy atom. The molecule has 0 saturated carbocycles. The van der Waals surface area contributed by atoms with Crippen LogP contribution in [-0.2, 0) is 13.0 Å². The molecule has 3 nitrogen and oxygen atoms in total. The molecule has 0 fully saturated rings. The van der Waals surface area contributed by atoms with E-state index in [1.54, 1.807) is 0 Å². The van der Waals surface area contributed by atoms with Gasteiger partial charge >= 0.3 is 6.03 Å². The fraction of sp³-hybridized carbons (Fsp3) is 0.588. The van der Waals surface area contributed by atoms with Gasteiger partial charge in [-0.15, -0.1) is 0 Å². The molecule has 3 heteroatoms.